The van der Waals surface area contributed by atoms with Gasteiger partial charge < -0.3 is 4.74 Å². The average Bonchev–Trinajstić information content (AvgIpc) is 2.84. The molecule has 10 heteroatoms. The van der Waals surface area contributed by atoms with Gasteiger partial charge in [0.15, 0.2) is 0 Å². The number of benzene rings is 3. The van der Waals surface area contributed by atoms with Crippen LogP contribution in [0.2, 0.25) is 10.0 Å². The van der Waals surface area contributed by atoms with Gasteiger partial charge in [-0.1, -0.05) is 72.3 Å². The van der Waals surface area contributed by atoms with Gasteiger partial charge in [-0.05, 0) is 47.5 Å². The predicted molar refractivity (Wildman–Crippen MR) is 138 cm³/mol. The predicted octanol–water partition coefficient (Wildman–Crippen LogP) is 4.90. The maximum Gasteiger partial charge on any atom is 0.255 e. The van der Waals surface area contributed by atoms with Crippen molar-refractivity contribution in [2.45, 2.75) is 11.4 Å². The molecule has 3 aromatic carbocycles. The van der Waals surface area contributed by atoms with Gasteiger partial charge in [-0.15, -0.1) is 0 Å². The van der Waals surface area contributed by atoms with E-state index < -0.39 is 22.5 Å². The molecule has 35 heavy (non-hydrogen) atoms. The van der Waals surface area contributed by atoms with Gasteiger partial charge in [-0.25, -0.2) is 13.8 Å². The lowest BCUT2D eigenvalue weighted by Crippen LogP contribution is -2.39. The van der Waals surface area contributed by atoms with Crippen LogP contribution in [0.5, 0.6) is 5.75 Å². The Kier molecular flexibility index (Phi) is 9.45. The summed E-state index contributed by atoms with van der Waals surface area (Å²) in [6, 6.07) is 19.7. The van der Waals surface area contributed by atoms with Crippen LogP contribution in [0.4, 0.5) is 0 Å². The van der Waals surface area contributed by atoms with E-state index in [1.807, 2.05) is 0 Å². The Bertz CT molecular complexity index is 1320. The number of ether oxygens (including phenoxy) is 1. The summed E-state index contributed by atoms with van der Waals surface area (Å²) in [5.41, 5.74) is 3.56. The van der Waals surface area contributed by atoms with Crippen LogP contribution in [0, 0.1) is 0 Å². The Labute approximate surface area is 214 Å². The van der Waals surface area contributed by atoms with E-state index in [0.717, 1.165) is 4.31 Å². The molecule has 0 saturated heterocycles. The third kappa shape index (κ3) is 7.66. The molecule has 7 nitrogen and oxygen atoms in total. The fourth-order valence-electron chi connectivity index (χ4n) is 3.02. The summed E-state index contributed by atoms with van der Waals surface area (Å²) in [5.74, 6) is 0.00468. The molecule has 0 spiro atoms. The highest BCUT2D eigenvalue weighted by Gasteiger charge is 2.27. The number of halogens is 2. The minimum atomic E-state index is -4.01. The molecule has 3 aromatic rings. The van der Waals surface area contributed by atoms with Crippen LogP contribution in [0.15, 0.2) is 95.4 Å². The SMILES string of the molecule is C=CCOc1cccc(/C=N\NC(=O)CN(Cc2ccc(Cl)cc2Cl)S(=O)(=O)c2ccccc2)c1. The summed E-state index contributed by atoms with van der Waals surface area (Å²) < 4.78 is 33.1. The van der Waals surface area contributed by atoms with E-state index in [1.54, 1.807) is 60.7 Å². The topological polar surface area (TPSA) is 88.1 Å². The summed E-state index contributed by atoms with van der Waals surface area (Å²) in [5, 5.41) is 4.65. The van der Waals surface area contributed by atoms with Gasteiger partial charge in [0.2, 0.25) is 10.0 Å². The van der Waals surface area contributed by atoms with Crippen molar-refractivity contribution in [2.75, 3.05) is 13.2 Å². The van der Waals surface area contributed by atoms with Gasteiger partial charge in [0.1, 0.15) is 12.4 Å². The number of rotatable bonds is 11. The maximum absolute atomic E-state index is 13.3. The Morgan fingerprint density at radius 2 is 1.83 bits per heavy atom. The average molecular weight is 532 g/mol. The standard InChI is InChI=1S/C25H23Cl2N3O4S/c1-2-13-34-22-8-6-7-19(14-22)16-28-29-25(31)18-30(17-20-11-12-21(26)15-24(20)27)35(32,33)23-9-4-3-5-10-23/h2-12,14-16H,1,13,17-18H2,(H,29,31)/b28-16-. The maximum atomic E-state index is 13.3. The van der Waals surface area contributed by atoms with Crippen LogP contribution in [0.25, 0.3) is 0 Å². The molecule has 0 aliphatic heterocycles. The van der Waals surface area contributed by atoms with Gasteiger partial charge in [0, 0.05) is 16.6 Å². The fourth-order valence-corrected chi connectivity index (χ4v) is 4.89. The monoisotopic (exact) mass is 531 g/mol. The van der Waals surface area contributed by atoms with Crippen LogP contribution in [-0.4, -0.2) is 38.0 Å². The molecule has 0 unspecified atom stereocenters. The second kappa shape index (κ2) is 12.5. The van der Waals surface area contributed by atoms with E-state index in [9.17, 15) is 13.2 Å². The number of nitrogens with zero attached hydrogens (tertiary/aromatic N) is 2. The van der Waals surface area contributed by atoms with Gasteiger partial charge in [0.05, 0.1) is 17.7 Å². The third-order valence-electron chi connectivity index (χ3n) is 4.69. The summed E-state index contributed by atoms with van der Waals surface area (Å²) in [6.07, 6.45) is 3.07. The Hall–Kier alpha value is -3.17. The second-order valence-corrected chi connectivity index (χ2v) is 10.1. The number of sulfonamides is 1. The summed E-state index contributed by atoms with van der Waals surface area (Å²) in [4.78, 5) is 12.7. The Morgan fingerprint density at radius 1 is 1.06 bits per heavy atom. The molecule has 0 fully saturated rings. The number of hydrogen-bond acceptors (Lipinski definition) is 5. The molecule has 0 aliphatic carbocycles. The van der Waals surface area contributed by atoms with Crippen LogP contribution < -0.4 is 10.2 Å². The number of nitrogens with one attached hydrogen (secondary N) is 1. The van der Waals surface area contributed by atoms with E-state index >= 15 is 0 Å². The normalized spacial score (nSPS) is 11.5. The van der Waals surface area contributed by atoms with Crippen molar-refractivity contribution in [3.05, 3.63) is 107 Å². The molecular formula is C25H23Cl2N3O4S. The highest BCUT2D eigenvalue weighted by molar-refractivity contribution is 7.89. The minimum absolute atomic E-state index is 0.0535. The van der Waals surface area contributed by atoms with Crippen molar-refractivity contribution in [3.8, 4) is 5.75 Å². The van der Waals surface area contributed by atoms with E-state index in [0.29, 0.717) is 33.5 Å². The van der Waals surface area contributed by atoms with E-state index in [2.05, 4.69) is 17.1 Å². The van der Waals surface area contributed by atoms with Crippen molar-refractivity contribution in [1.82, 2.24) is 9.73 Å². The molecule has 182 valence electrons. The molecule has 0 radical (unpaired) electrons. The largest absolute Gasteiger partial charge is 0.490 e. The number of amides is 1. The molecule has 1 amide bonds. The summed E-state index contributed by atoms with van der Waals surface area (Å²) in [7, 11) is -4.01. The number of hydrazone groups is 1. The van der Waals surface area contributed by atoms with Crippen molar-refractivity contribution in [3.63, 3.8) is 0 Å². The first-order valence-corrected chi connectivity index (χ1v) is 12.6. The van der Waals surface area contributed by atoms with Crippen LogP contribution in [0.1, 0.15) is 11.1 Å². The van der Waals surface area contributed by atoms with Crippen LogP contribution in [-0.2, 0) is 21.4 Å². The molecule has 0 aromatic heterocycles. The number of carbonyl (C=O) groups excluding carboxylic acids is 1. The first-order valence-electron chi connectivity index (χ1n) is 10.4. The highest BCUT2D eigenvalue weighted by atomic mass is 35.5. The van der Waals surface area contributed by atoms with Gasteiger partial charge in [-0.2, -0.15) is 9.41 Å². The zero-order valence-electron chi connectivity index (χ0n) is 18.6. The molecular weight excluding hydrogens is 509 g/mol. The van der Waals surface area contributed by atoms with Crippen LogP contribution >= 0.6 is 23.2 Å². The number of hydrogen-bond donors (Lipinski definition) is 1. The summed E-state index contributed by atoms with van der Waals surface area (Å²) in [6.45, 7) is 3.36. The molecule has 0 bridgehead atoms. The highest BCUT2D eigenvalue weighted by Crippen LogP contribution is 2.25. The summed E-state index contributed by atoms with van der Waals surface area (Å²) >= 11 is 12.2. The van der Waals surface area contributed by atoms with Crippen molar-refractivity contribution >= 4 is 45.3 Å². The molecule has 0 aliphatic rings. The van der Waals surface area contributed by atoms with Crippen LogP contribution in [0.3, 0.4) is 0 Å². The van der Waals surface area contributed by atoms with E-state index in [4.69, 9.17) is 27.9 Å². The fraction of sp³-hybridized carbons (Fsp3) is 0.120. The lowest BCUT2D eigenvalue weighted by atomic mass is 10.2. The van der Waals surface area contributed by atoms with E-state index in [1.165, 1.54) is 24.4 Å². The third-order valence-corrected chi connectivity index (χ3v) is 7.08. The molecule has 0 atom stereocenters. The number of carbonyl (C=O) groups is 1. The first-order chi connectivity index (χ1) is 16.8. The Balaban J connectivity index is 1.76. The molecule has 1 N–H and O–H groups in total. The zero-order chi connectivity index (χ0) is 25.3. The quantitative estimate of drug-likeness (QED) is 0.216. The zero-order valence-corrected chi connectivity index (χ0v) is 20.9. The lowest BCUT2D eigenvalue weighted by molar-refractivity contribution is -0.121. The van der Waals surface area contributed by atoms with Crippen molar-refractivity contribution in [1.29, 1.82) is 0 Å². The second-order valence-electron chi connectivity index (χ2n) is 7.29. The van der Waals surface area contributed by atoms with Gasteiger partial charge >= 0.3 is 0 Å². The lowest BCUT2D eigenvalue weighted by Gasteiger charge is -2.22. The smallest absolute Gasteiger partial charge is 0.255 e. The first kappa shape index (κ1) is 26.4. The van der Waals surface area contributed by atoms with Crippen molar-refractivity contribution in [2.24, 2.45) is 5.10 Å². The molecule has 0 heterocycles. The minimum Gasteiger partial charge on any atom is -0.490 e. The molecule has 3 rings (SSSR count). The molecule has 0 saturated carbocycles. The van der Waals surface area contributed by atoms with E-state index in [-0.39, 0.29) is 11.4 Å². The van der Waals surface area contributed by atoms with Gasteiger partial charge in [-0.3, -0.25) is 4.79 Å². The van der Waals surface area contributed by atoms with Crippen molar-refractivity contribution < 1.29 is 17.9 Å². The van der Waals surface area contributed by atoms with Gasteiger partial charge in [0.25, 0.3) is 5.91 Å². The Morgan fingerprint density at radius 3 is 2.54 bits per heavy atom.